The van der Waals surface area contributed by atoms with Gasteiger partial charge in [0.25, 0.3) is 0 Å². The van der Waals surface area contributed by atoms with Gasteiger partial charge in [0.2, 0.25) is 5.91 Å². The molecule has 1 aromatic carbocycles. The first kappa shape index (κ1) is 14.6. The Hall–Kier alpha value is -0.810. The summed E-state index contributed by atoms with van der Waals surface area (Å²) in [5.41, 5.74) is 0.779. The summed E-state index contributed by atoms with van der Waals surface area (Å²) in [7, 11) is 0. The Morgan fingerprint density at radius 3 is 2.89 bits per heavy atom. The number of benzene rings is 1. The lowest BCUT2D eigenvalue weighted by molar-refractivity contribution is -0.123. The van der Waals surface area contributed by atoms with Crippen LogP contribution in [-0.2, 0) is 4.79 Å². The average Bonchev–Trinajstić information content (AvgIpc) is 2.79. The molecule has 0 bridgehead atoms. The van der Waals surface area contributed by atoms with Gasteiger partial charge in [-0.3, -0.25) is 4.79 Å². The highest BCUT2D eigenvalue weighted by Crippen LogP contribution is 2.29. The van der Waals surface area contributed by atoms with Crippen molar-refractivity contribution in [1.82, 2.24) is 10.6 Å². The largest absolute Gasteiger partial charge is 0.392 e. The van der Waals surface area contributed by atoms with Crippen LogP contribution >= 0.6 is 23.2 Å². The molecule has 1 aliphatic rings. The van der Waals surface area contributed by atoms with Gasteiger partial charge in [0.1, 0.15) is 0 Å². The Balaban J connectivity index is 2.02. The maximum Gasteiger partial charge on any atom is 0.237 e. The van der Waals surface area contributed by atoms with Crippen molar-refractivity contribution < 1.29 is 9.90 Å². The van der Waals surface area contributed by atoms with Crippen molar-refractivity contribution in [3.8, 4) is 0 Å². The van der Waals surface area contributed by atoms with E-state index in [2.05, 4.69) is 10.6 Å². The molecule has 0 aliphatic carbocycles. The molecule has 1 saturated heterocycles. The molecule has 0 saturated carbocycles. The molecule has 3 N–H and O–H groups in total. The number of nitrogens with one attached hydrogen (secondary N) is 2. The van der Waals surface area contributed by atoms with Crippen LogP contribution in [0.25, 0.3) is 0 Å². The van der Waals surface area contributed by atoms with Crippen LogP contribution < -0.4 is 10.6 Å². The Morgan fingerprint density at radius 1 is 1.53 bits per heavy atom. The van der Waals surface area contributed by atoms with E-state index in [-0.39, 0.29) is 18.0 Å². The van der Waals surface area contributed by atoms with Gasteiger partial charge in [0, 0.05) is 6.54 Å². The summed E-state index contributed by atoms with van der Waals surface area (Å²) in [6.07, 6.45) is -0.0252. The van der Waals surface area contributed by atoms with Crippen molar-refractivity contribution in [2.75, 3.05) is 6.54 Å². The van der Waals surface area contributed by atoms with Crippen molar-refractivity contribution >= 4 is 29.1 Å². The van der Waals surface area contributed by atoms with Gasteiger partial charge < -0.3 is 15.7 Å². The van der Waals surface area contributed by atoms with Gasteiger partial charge in [-0.05, 0) is 25.0 Å². The number of carbonyl (C=O) groups is 1. The second kappa shape index (κ2) is 6.09. The molecule has 0 aromatic heterocycles. The summed E-state index contributed by atoms with van der Waals surface area (Å²) in [5.74, 6) is -0.139. The SMILES string of the molecule is CC(NC(=O)C1CC(O)CN1)c1cccc(Cl)c1Cl. The molecule has 1 amide bonds. The van der Waals surface area contributed by atoms with Gasteiger partial charge in [-0.2, -0.15) is 0 Å². The molecule has 19 heavy (non-hydrogen) atoms. The quantitative estimate of drug-likeness (QED) is 0.799. The lowest BCUT2D eigenvalue weighted by atomic mass is 10.1. The van der Waals surface area contributed by atoms with E-state index >= 15 is 0 Å². The van der Waals surface area contributed by atoms with Crippen molar-refractivity contribution in [1.29, 1.82) is 0 Å². The second-order valence-electron chi connectivity index (χ2n) is 4.72. The highest BCUT2D eigenvalue weighted by molar-refractivity contribution is 6.42. The number of halogens is 2. The smallest absolute Gasteiger partial charge is 0.237 e. The molecule has 1 aliphatic heterocycles. The standard InChI is InChI=1S/C13H16Cl2N2O2/c1-7(9-3-2-4-10(14)12(9)15)17-13(19)11-5-8(18)6-16-11/h2-4,7-8,11,16,18H,5-6H2,1H3,(H,17,19). The molecule has 0 spiro atoms. The highest BCUT2D eigenvalue weighted by Gasteiger charge is 2.29. The molecular formula is C13H16Cl2N2O2. The molecule has 3 atom stereocenters. The Morgan fingerprint density at radius 2 is 2.26 bits per heavy atom. The summed E-state index contributed by atoms with van der Waals surface area (Å²) >= 11 is 12.1. The molecular weight excluding hydrogens is 287 g/mol. The minimum absolute atomic E-state index is 0.139. The van der Waals surface area contributed by atoms with E-state index in [0.717, 1.165) is 5.56 Å². The van der Waals surface area contributed by atoms with Crippen LogP contribution in [0, 0.1) is 0 Å². The number of aliphatic hydroxyl groups excluding tert-OH is 1. The van der Waals surface area contributed by atoms with Crippen LogP contribution in [0.2, 0.25) is 10.0 Å². The molecule has 104 valence electrons. The molecule has 1 aromatic rings. The maximum absolute atomic E-state index is 12.0. The van der Waals surface area contributed by atoms with Crippen molar-refractivity contribution in [2.45, 2.75) is 31.5 Å². The second-order valence-corrected chi connectivity index (χ2v) is 5.51. The van der Waals surface area contributed by atoms with Crippen molar-refractivity contribution in [3.63, 3.8) is 0 Å². The summed E-state index contributed by atoms with van der Waals surface area (Å²) in [4.78, 5) is 12.0. The molecule has 1 fully saturated rings. The predicted molar refractivity (Wildman–Crippen MR) is 75.4 cm³/mol. The number of hydrogen-bond donors (Lipinski definition) is 3. The molecule has 3 unspecified atom stereocenters. The Kier molecular flexibility index (Phi) is 4.68. The number of rotatable bonds is 3. The van der Waals surface area contributed by atoms with Crippen LogP contribution in [0.5, 0.6) is 0 Å². The van der Waals surface area contributed by atoms with Gasteiger partial charge >= 0.3 is 0 Å². The molecule has 4 nitrogen and oxygen atoms in total. The third kappa shape index (κ3) is 3.39. The number of amides is 1. The van der Waals surface area contributed by atoms with Gasteiger partial charge in [-0.1, -0.05) is 35.3 Å². The lowest BCUT2D eigenvalue weighted by Gasteiger charge is -2.19. The Labute approximate surface area is 122 Å². The highest BCUT2D eigenvalue weighted by atomic mass is 35.5. The molecule has 1 heterocycles. The maximum atomic E-state index is 12.0. The van der Waals surface area contributed by atoms with Crippen molar-refractivity contribution in [2.24, 2.45) is 0 Å². The van der Waals surface area contributed by atoms with E-state index in [1.165, 1.54) is 0 Å². The van der Waals surface area contributed by atoms with Crippen LogP contribution in [0.3, 0.4) is 0 Å². The number of carbonyl (C=O) groups excluding carboxylic acids is 1. The summed E-state index contributed by atoms with van der Waals surface area (Å²) < 4.78 is 0. The lowest BCUT2D eigenvalue weighted by Crippen LogP contribution is -2.41. The first-order valence-corrected chi connectivity index (χ1v) is 6.90. The fraction of sp³-hybridized carbons (Fsp3) is 0.462. The van der Waals surface area contributed by atoms with Gasteiger partial charge in [-0.25, -0.2) is 0 Å². The molecule has 6 heteroatoms. The minimum Gasteiger partial charge on any atom is -0.392 e. The van der Waals surface area contributed by atoms with Gasteiger partial charge in [0.05, 0.1) is 28.2 Å². The minimum atomic E-state index is -0.458. The van der Waals surface area contributed by atoms with Crippen molar-refractivity contribution in [3.05, 3.63) is 33.8 Å². The van der Waals surface area contributed by atoms with Crippen LogP contribution in [0.15, 0.2) is 18.2 Å². The predicted octanol–water partition coefficient (Wildman–Crippen LogP) is 1.89. The number of β-amino-alcohol motifs (C(OH)–C–C–N with tert-alkyl or cyclic N) is 1. The first-order chi connectivity index (χ1) is 8.99. The van der Waals surface area contributed by atoms with Crippen LogP contribution in [-0.4, -0.2) is 29.7 Å². The zero-order valence-corrected chi connectivity index (χ0v) is 12.0. The number of aliphatic hydroxyl groups is 1. The normalized spacial score (nSPS) is 24.2. The van der Waals surface area contributed by atoms with E-state index in [4.69, 9.17) is 23.2 Å². The van der Waals surface area contributed by atoms with Gasteiger partial charge in [-0.15, -0.1) is 0 Å². The zero-order valence-electron chi connectivity index (χ0n) is 10.5. The first-order valence-electron chi connectivity index (χ1n) is 6.14. The molecule has 2 rings (SSSR count). The van der Waals surface area contributed by atoms with E-state index in [1.807, 2.05) is 13.0 Å². The summed E-state index contributed by atoms with van der Waals surface area (Å²) in [6.45, 7) is 2.30. The van der Waals surface area contributed by atoms with Crippen LogP contribution in [0.4, 0.5) is 0 Å². The number of hydrogen-bond acceptors (Lipinski definition) is 3. The topological polar surface area (TPSA) is 61.4 Å². The van der Waals surface area contributed by atoms with Gasteiger partial charge in [0.15, 0.2) is 0 Å². The summed E-state index contributed by atoms with van der Waals surface area (Å²) in [6, 6.07) is 4.74. The fourth-order valence-corrected chi connectivity index (χ4v) is 2.63. The average molecular weight is 303 g/mol. The van der Waals surface area contributed by atoms with E-state index < -0.39 is 6.10 Å². The van der Waals surface area contributed by atoms with Crippen LogP contribution in [0.1, 0.15) is 24.9 Å². The van der Waals surface area contributed by atoms with E-state index in [0.29, 0.717) is 23.0 Å². The fourth-order valence-electron chi connectivity index (χ4n) is 2.16. The third-order valence-corrected chi connectivity index (χ3v) is 4.06. The third-order valence-electron chi connectivity index (χ3n) is 3.23. The molecule has 0 radical (unpaired) electrons. The zero-order chi connectivity index (χ0) is 14.0. The van der Waals surface area contributed by atoms with E-state index in [1.54, 1.807) is 12.1 Å². The summed E-state index contributed by atoms with van der Waals surface area (Å²) in [5, 5.41) is 16.2. The monoisotopic (exact) mass is 302 g/mol. The van der Waals surface area contributed by atoms with E-state index in [9.17, 15) is 9.90 Å². The Bertz CT molecular complexity index is 482.